The van der Waals surface area contributed by atoms with Crippen molar-refractivity contribution < 1.29 is 14.3 Å². The third kappa shape index (κ3) is 3.88. The van der Waals surface area contributed by atoms with E-state index < -0.39 is 0 Å². The van der Waals surface area contributed by atoms with E-state index in [1.54, 1.807) is 36.5 Å². The highest BCUT2D eigenvalue weighted by Crippen LogP contribution is 2.33. The largest absolute Gasteiger partial charge is 0.493 e. The fourth-order valence-corrected chi connectivity index (χ4v) is 4.13. The zero-order chi connectivity index (χ0) is 20.4. The first-order valence-corrected chi connectivity index (χ1v) is 10.1. The number of carbonyl (C=O) groups excluding carboxylic acids is 1. The Balaban J connectivity index is 1.53. The number of rotatable bonds is 5. The second-order valence-electron chi connectivity index (χ2n) is 6.73. The Hall–Kier alpha value is -3.13. The molecule has 150 valence electrons. The molecule has 0 N–H and O–H groups in total. The molecule has 3 heterocycles. The van der Waals surface area contributed by atoms with Gasteiger partial charge in [0.1, 0.15) is 12.2 Å². The first-order valence-electron chi connectivity index (χ1n) is 9.22. The normalized spacial score (nSPS) is 13.1. The van der Waals surface area contributed by atoms with Crippen molar-refractivity contribution in [2.45, 2.75) is 19.5 Å². The lowest BCUT2D eigenvalue weighted by Gasteiger charge is -2.29. The van der Waals surface area contributed by atoms with Gasteiger partial charge in [-0.25, -0.2) is 4.68 Å². The molecule has 1 amide bonds. The SMILES string of the molecule is COc1cc2c(cc1OC)CN(C(=O)Cn1nc(-c3cccs3)ccc1=O)CC2. The molecule has 8 heteroatoms. The summed E-state index contributed by atoms with van der Waals surface area (Å²) >= 11 is 1.54. The standard InChI is InChI=1S/C21H21N3O4S/c1-27-17-10-14-7-8-23(12-15(14)11-18(17)28-2)21(26)13-24-20(25)6-5-16(22-24)19-4-3-9-29-19/h3-6,9-11H,7-8,12-13H2,1-2H3. The second kappa shape index (κ2) is 8.08. The summed E-state index contributed by atoms with van der Waals surface area (Å²) in [7, 11) is 3.20. The van der Waals surface area contributed by atoms with E-state index >= 15 is 0 Å². The molecule has 0 unspecified atom stereocenters. The molecule has 0 spiro atoms. The highest BCUT2D eigenvalue weighted by atomic mass is 32.1. The fourth-order valence-electron chi connectivity index (χ4n) is 3.44. The van der Waals surface area contributed by atoms with Crippen LogP contribution in [0.5, 0.6) is 11.5 Å². The number of carbonyl (C=O) groups is 1. The van der Waals surface area contributed by atoms with Crippen LogP contribution >= 0.6 is 11.3 Å². The predicted octanol–water partition coefficient (Wildman–Crippen LogP) is 2.57. The average Bonchev–Trinajstić information content (AvgIpc) is 3.28. The molecule has 0 fully saturated rings. The van der Waals surface area contributed by atoms with Gasteiger partial charge in [0.25, 0.3) is 5.56 Å². The van der Waals surface area contributed by atoms with Crippen molar-refractivity contribution in [1.82, 2.24) is 14.7 Å². The summed E-state index contributed by atoms with van der Waals surface area (Å²) in [5.41, 5.74) is 2.56. The molecule has 0 bridgehead atoms. The van der Waals surface area contributed by atoms with Crippen molar-refractivity contribution in [3.05, 3.63) is 63.3 Å². The highest BCUT2D eigenvalue weighted by Gasteiger charge is 2.23. The minimum absolute atomic E-state index is 0.0827. The zero-order valence-electron chi connectivity index (χ0n) is 16.3. The van der Waals surface area contributed by atoms with Gasteiger partial charge in [-0.2, -0.15) is 5.10 Å². The smallest absolute Gasteiger partial charge is 0.267 e. The van der Waals surface area contributed by atoms with Crippen molar-refractivity contribution >= 4 is 17.2 Å². The van der Waals surface area contributed by atoms with Crippen LogP contribution in [0.1, 0.15) is 11.1 Å². The van der Waals surface area contributed by atoms with Crippen molar-refractivity contribution in [3.8, 4) is 22.1 Å². The molecule has 4 rings (SSSR count). The Morgan fingerprint density at radius 1 is 1.14 bits per heavy atom. The van der Waals surface area contributed by atoms with E-state index in [9.17, 15) is 9.59 Å². The van der Waals surface area contributed by atoms with Gasteiger partial charge in [-0.1, -0.05) is 6.07 Å². The first-order chi connectivity index (χ1) is 14.1. The van der Waals surface area contributed by atoms with E-state index in [2.05, 4.69) is 5.10 Å². The summed E-state index contributed by atoms with van der Waals surface area (Å²) < 4.78 is 12.0. The number of aromatic nitrogens is 2. The molecule has 1 aliphatic heterocycles. The van der Waals surface area contributed by atoms with E-state index in [1.165, 1.54) is 10.7 Å². The van der Waals surface area contributed by atoms with Crippen molar-refractivity contribution in [2.24, 2.45) is 0 Å². The monoisotopic (exact) mass is 411 g/mol. The van der Waals surface area contributed by atoms with Gasteiger partial charge in [-0.05, 0) is 47.2 Å². The maximum Gasteiger partial charge on any atom is 0.267 e. The van der Waals surface area contributed by atoms with Crippen LogP contribution in [0.4, 0.5) is 0 Å². The number of ether oxygens (including phenoxy) is 2. The fraction of sp³-hybridized carbons (Fsp3) is 0.286. The first kappa shape index (κ1) is 19.2. The molecular formula is C21H21N3O4S. The van der Waals surface area contributed by atoms with Gasteiger partial charge in [0.05, 0.1) is 19.1 Å². The number of hydrogen-bond donors (Lipinski definition) is 0. The molecule has 0 saturated heterocycles. The molecule has 29 heavy (non-hydrogen) atoms. The Kier molecular flexibility index (Phi) is 5.35. The lowest BCUT2D eigenvalue weighted by atomic mass is 9.98. The third-order valence-electron chi connectivity index (χ3n) is 5.00. The van der Waals surface area contributed by atoms with Crippen LogP contribution in [0.2, 0.25) is 0 Å². The van der Waals surface area contributed by atoms with Gasteiger partial charge >= 0.3 is 0 Å². The Morgan fingerprint density at radius 2 is 1.90 bits per heavy atom. The minimum Gasteiger partial charge on any atom is -0.493 e. The van der Waals surface area contributed by atoms with Crippen LogP contribution in [0.3, 0.4) is 0 Å². The molecule has 0 radical (unpaired) electrons. The third-order valence-corrected chi connectivity index (χ3v) is 5.89. The molecule has 0 atom stereocenters. The predicted molar refractivity (Wildman–Crippen MR) is 110 cm³/mol. The van der Waals surface area contributed by atoms with Crippen LogP contribution in [0, 0.1) is 0 Å². The number of hydrogen-bond acceptors (Lipinski definition) is 6. The van der Waals surface area contributed by atoms with Gasteiger partial charge in [0.15, 0.2) is 11.5 Å². The Bertz CT molecular complexity index is 1090. The summed E-state index contributed by atoms with van der Waals surface area (Å²) in [6, 6.07) is 10.9. The minimum atomic E-state index is -0.289. The second-order valence-corrected chi connectivity index (χ2v) is 7.68. The van der Waals surface area contributed by atoms with Crippen molar-refractivity contribution in [3.63, 3.8) is 0 Å². The molecule has 7 nitrogen and oxygen atoms in total. The number of methoxy groups -OCH3 is 2. The van der Waals surface area contributed by atoms with Crippen LogP contribution in [-0.4, -0.2) is 41.4 Å². The zero-order valence-corrected chi connectivity index (χ0v) is 17.1. The number of thiophene rings is 1. The molecule has 0 aliphatic carbocycles. The maximum absolute atomic E-state index is 12.9. The average molecular weight is 411 g/mol. The van der Waals surface area contributed by atoms with Crippen LogP contribution in [-0.2, 0) is 24.3 Å². The number of nitrogens with zero attached hydrogens (tertiary/aromatic N) is 3. The molecule has 1 aromatic carbocycles. The topological polar surface area (TPSA) is 73.7 Å². The highest BCUT2D eigenvalue weighted by molar-refractivity contribution is 7.13. The summed E-state index contributed by atoms with van der Waals surface area (Å²) in [6.45, 7) is 0.968. The summed E-state index contributed by atoms with van der Waals surface area (Å²) in [6.07, 6.45) is 0.721. The maximum atomic E-state index is 12.9. The van der Waals surface area contributed by atoms with Crippen LogP contribution in [0.15, 0.2) is 46.6 Å². The van der Waals surface area contributed by atoms with Gasteiger partial charge in [0.2, 0.25) is 5.91 Å². The summed E-state index contributed by atoms with van der Waals surface area (Å²) in [4.78, 5) is 27.8. The molecular weight excluding hydrogens is 390 g/mol. The lowest BCUT2D eigenvalue weighted by molar-refractivity contribution is -0.133. The van der Waals surface area contributed by atoms with Gasteiger partial charge in [0, 0.05) is 19.2 Å². The van der Waals surface area contributed by atoms with Gasteiger partial charge in [-0.15, -0.1) is 11.3 Å². The molecule has 2 aromatic heterocycles. The quantitative estimate of drug-likeness (QED) is 0.645. The summed E-state index contributed by atoms with van der Waals surface area (Å²) in [5, 5.41) is 6.32. The number of benzene rings is 1. The van der Waals surface area contributed by atoms with Crippen molar-refractivity contribution in [1.29, 1.82) is 0 Å². The van der Waals surface area contributed by atoms with E-state index in [1.807, 2.05) is 29.6 Å². The van der Waals surface area contributed by atoms with E-state index in [0.29, 0.717) is 30.3 Å². The molecule has 1 aliphatic rings. The van der Waals surface area contributed by atoms with E-state index in [-0.39, 0.29) is 18.0 Å². The number of amides is 1. The van der Waals surface area contributed by atoms with E-state index in [0.717, 1.165) is 22.4 Å². The van der Waals surface area contributed by atoms with E-state index in [4.69, 9.17) is 9.47 Å². The number of fused-ring (bicyclic) bond motifs is 1. The molecule has 0 saturated carbocycles. The Morgan fingerprint density at radius 3 is 2.59 bits per heavy atom. The van der Waals surface area contributed by atoms with Crippen LogP contribution < -0.4 is 15.0 Å². The van der Waals surface area contributed by atoms with Crippen LogP contribution in [0.25, 0.3) is 10.6 Å². The van der Waals surface area contributed by atoms with Gasteiger partial charge < -0.3 is 14.4 Å². The van der Waals surface area contributed by atoms with Gasteiger partial charge in [-0.3, -0.25) is 9.59 Å². The summed E-state index contributed by atoms with van der Waals surface area (Å²) in [5.74, 6) is 1.19. The Labute approximate surface area is 172 Å². The lowest BCUT2D eigenvalue weighted by Crippen LogP contribution is -2.40. The molecule has 3 aromatic rings. The van der Waals surface area contributed by atoms with Crippen molar-refractivity contribution in [2.75, 3.05) is 20.8 Å².